The lowest BCUT2D eigenvalue weighted by molar-refractivity contribution is -0.143. The Kier molecular flexibility index (Phi) is 4.74. The number of carbonyl (C=O) groups is 2. The zero-order valence-corrected chi connectivity index (χ0v) is 14.5. The largest absolute Gasteiger partial charge is 0.336 e. The molecule has 0 bridgehead atoms. The van der Waals surface area contributed by atoms with Crippen LogP contribution in [-0.2, 0) is 4.79 Å². The summed E-state index contributed by atoms with van der Waals surface area (Å²) in [5.41, 5.74) is 1.68. The molecule has 0 N–H and O–H groups in total. The number of benzene rings is 1. The molecule has 3 rings (SSSR count). The van der Waals surface area contributed by atoms with E-state index in [0.717, 1.165) is 43.4 Å². The van der Waals surface area contributed by atoms with Crippen LogP contribution in [0, 0.1) is 6.92 Å². The number of piperidine rings is 2. The average Bonchev–Trinajstić information content (AvgIpc) is 2.59. The highest BCUT2D eigenvalue weighted by atomic mass is 16.2. The molecule has 0 aliphatic carbocycles. The first-order valence-electron chi connectivity index (χ1n) is 8.83. The van der Waals surface area contributed by atoms with Gasteiger partial charge in [0, 0.05) is 31.6 Å². The third kappa shape index (κ3) is 3.10. The van der Waals surface area contributed by atoms with Crippen LogP contribution in [0.4, 0.5) is 0 Å². The maximum atomic E-state index is 12.9. The van der Waals surface area contributed by atoms with E-state index in [1.54, 1.807) is 6.08 Å². The Labute approximate surface area is 144 Å². The van der Waals surface area contributed by atoms with E-state index in [1.807, 2.05) is 41.0 Å². The molecule has 24 heavy (non-hydrogen) atoms. The lowest BCUT2D eigenvalue weighted by Gasteiger charge is -2.52. The van der Waals surface area contributed by atoms with Crippen LogP contribution >= 0.6 is 0 Å². The molecular formula is C20H26N2O2. The number of aryl methyl sites for hydroxylation is 1. The quantitative estimate of drug-likeness (QED) is 0.801. The van der Waals surface area contributed by atoms with Gasteiger partial charge in [0.05, 0.1) is 5.54 Å². The van der Waals surface area contributed by atoms with E-state index in [2.05, 4.69) is 6.58 Å². The molecule has 0 saturated carbocycles. The van der Waals surface area contributed by atoms with Crippen LogP contribution in [0.25, 0.3) is 0 Å². The van der Waals surface area contributed by atoms with Gasteiger partial charge in [-0.2, -0.15) is 0 Å². The van der Waals surface area contributed by atoms with Gasteiger partial charge in [-0.3, -0.25) is 9.59 Å². The number of hydrogen-bond donors (Lipinski definition) is 0. The van der Waals surface area contributed by atoms with E-state index < -0.39 is 0 Å². The number of amides is 2. The van der Waals surface area contributed by atoms with Gasteiger partial charge in [-0.25, -0.2) is 0 Å². The van der Waals surface area contributed by atoms with Crippen LogP contribution in [0.2, 0.25) is 0 Å². The highest BCUT2D eigenvalue weighted by Crippen LogP contribution is 2.37. The van der Waals surface area contributed by atoms with Gasteiger partial charge in [-0.05, 0) is 44.7 Å². The maximum absolute atomic E-state index is 12.9. The lowest BCUT2D eigenvalue weighted by Crippen LogP contribution is -2.63. The predicted molar refractivity (Wildman–Crippen MR) is 94.8 cm³/mol. The Bertz CT molecular complexity index is 634. The number of carbonyl (C=O) groups excluding carboxylic acids is 2. The van der Waals surface area contributed by atoms with Gasteiger partial charge in [-0.15, -0.1) is 6.58 Å². The fourth-order valence-electron chi connectivity index (χ4n) is 4.12. The smallest absolute Gasteiger partial charge is 0.253 e. The van der Waals surface area contributed by atoms with Crippen molar-refractivity contribution in [1.82, 2.24) is 9.80 Å². The van der Waals surface area contributed by atoms with Crippen molar-refractivity contribution in [2.45, 2.75) is 44.6 Å². The Morgan fingerprint density at radius 1 is 1.25 bits per heavy atom. The highest BCUT2D eigenvalue weighted by molar-refractivity contribution is 5.94. The summed E-state index contributed by atoms with van der Waals surface area (Å²) in [4.78, 5) is 29.2. The zero-order valence-electron chi connectivity index (χ0n) is 14.5. The van der Waals surface area contributed by atoms with Crippen molar-refractivity contribution in [2.75, 3.05) is 19.6 Å². The number of hydrogen-bond acceptors (Lipinski definition) is 2. The first-order chi connectivity index (χ1) is 11.6. The molecule has 0 unspecified atom stereocenters. The summed E-state index contributed by atoms with van der Waals surface area (Å²) in [7, 11) is 0. The zero-order chi connectivity index (χ0) is 17.2. The molecule has 0 aromatic heterocycles. The van der Waals surface area contributed by atoms with E-state index in [-0.39, 0.29) is 17.4 Å². The van der Waals surface area contributed by atoms with Crippen molar-refractivity contribution in [3.05, 3.63) is 48.0 Å². The molecule has 4 nitrogen and oxygen atoms in total. The van der Waals surface area contributed by atoms with Crippen LogP contribution in [-0.4, -0.2) is 46.8 Å². The predicted octanol–water partition coefficient (Wildman–Crippen LogP) is 3.17. The van der Waals surface area contributed by atoms with Gasteiger partial charge in [0.2, 0.25) is 5.91 Å². The van der Waals surface area contributed by atoms with E-state index in [1.165, 1.54) is 0 Å². The second kappa shape index (κ2) is 6.80. The first kappa shape index (κ1) is 16.7. The van der Waals surface area contributed by atoms with Gasteiger partial charge in [0.1, 0.15) is 0 Å². The van der Waals surface area contributed by atoms with Crippen LogP contribution in [0.3, 0.4) is 0 Å². The topological polar surface area (TPSA) is 40.6 Å². The SMILES string of the molecule is C=CCN1C(=O)CCC[C@]12CCCN(C(=O)c1ccc(C)cc1)C2. The Morgan fingerprint density at radius 3 is 2.67 bits per heavy atom. The molecule has 1 atom stereocenters. The summed E-state index contributed by atoms with van der Waals surface area (Å²) in [6.45, 7) is 7.80. The molecule has 4 heteroatoms. The fourth-order valence-corrected chi connectivity index (χ4v) is 4.12. The maximum Gasteiger partial charge on any atom is 0.253 e. The Hall–Kier alpha value is -2.10. The second-order valence-electron chi connectivity index (χ2n) is 7.07. The summed E-state index contributed by atoms with van der Waals surface area (Å²) in [5, 5.41) is 0. The first-order valence-corrected chi connectivity index (χ1v) is 8.83. The molecular weight excluding hydrogens is 300 g/mol. The minimum Gasteiger partial charge on any atom is -0.336 e. The van der Waals surface area contributed by atoms with Gasteiger partial charge in [0.25, 0.3) is 5.91 Å². The van der Waals surface area contributed by atoms with Crippen LogP contribution in [0.1, 0.15) is 48.0 Å². The summed E-state index contributed by atoms with van der Waals surface area (Å²) in [5.74, 6) is 0.274. The molecule has 1 aromatic carbocycles. The van der Waals surface area contributed by atoms with Crippen molar-refractivity contribution in [1.29, 1.82) is 0 Å². The number of likely N-dealkylation sites (tertiary alicyclic amines) is 2. The fraction of sp³-hybridized carbons (Fsp3) is 0.500. The summed E-state index contributed by atoms with van der Waals surface area (Å²) in [6.07, 6.45) is 6.22. The molecule has 0 radical (unpaired) electrons. The molecule has 2 amide bonds. The minimum absolute atomic E-state index is 0.0747. The normalized spacial score (nSPS) is 24.3. The number of nitrogens with zero attached hydrogens (tertiary/aromatic N) is 2. The minimum atomic E-state index is -0.206. The van der Waals surface area contributed by atoms with Gasteiger partial charge < -0.3 is 9.80 Å². The van der Waals surface area contributed by atoms with E-state index in [9.17, 15) is 9.59 Å². The molecule has 128 valence electrons. The molecule has 2 saturated heterocycles. The van der Waals surface area contributed by atoms with Crippen molar-refractivity contribution >= 4 is 11.8 Å². The van der Waals surface area contributed by atoms with Gasteiger partial charge in [-0.1, -0.05) is 23.8 Å². The molecule has 2 heterocycles. The van der Waals surface area contributed by atoms with Gasteiger partial charge in [0.15, 0.2) is 0 Å². The monoisotopic (exact) mass is 326 g/mol. The highest BCUT2D eigenvalue weighted by Gasteiger charge is 2.45. The van der Waals surface area contributed by atoms with E-state index >= 15 is 0 Å². The number of rotatable bonds is 3. The molecule has 1 spiro atoms. The standard InChI is InChI=1S/C20H26N2O2/c1-3-13-22-18(23)6-4-11-20(22)12-5-14-21(15-20)19(24)17-9-7-16(2)8-10-17/h3,7-10H,1,4-6,11-15H2,2H3/t20-/m1/s1. The molecule has 1 aromatic rings. The van der Waals surface area contributed by atoms with E-state index in [0.29, 0.717) is 19.5 Å². The van der Waals surface area contributed by atoms with Crippen LogP contribution < -0.4 is 0 Å². The molecule has 2 aliphatic rings. The van der Waals surface area contributed by atoms with Crippen LogP contribution in [0.15, 0.2) is 36.9 Å². The van der Waals surface area contributed by atoms with Crippen molar-refractivity contribution in [3.63, 3.8) is 0 Å². The van der Waals surface area contributed by atoms with Crippen molar-refractivity contribution < 1.29 is 9.59 Å². The Balaban J connectivity index is 1.82. The summed E-state index contributed by atoms with van der Waals surface area (Å²) in [6, 6.07) is 7.74. The second-order valence-corrected chi connectivity index (χ2v) is 7.07. The summed E-state index contributed by atoms with van der Waals surface area (Å²) < 4.78 is 0. The van der Waals surface area contributed by atoms with Crippen LogP contribution in [0.5, 0.6) is 0 Å². The average molecular weight is 326 g/mol. The van der Waals surface area contributed by atoms with E-state index in [4.69, 9.17) is 0 Å². The van der Waals surface area contributed by atoms with Crippen molar-refractivity contribution in [3.8, 4) is 0 Å². The third-order valence-electron chi connectivity index (χ3n) is 5.36. The molecule has 2 aliphatic heterocycles. The third-order valence-corrected chi connectivity index (χ3v) is 5.36. The molecule has 2 fully saturated rings. The van der Waals surface area contributed by atoms with Crippen molar-refractivity contribution in [2.24, 2.45) is 0 Å². The lowest BCUT2D eigenvalue weighted by atomic mass is 9.79. The van der Waals surface area contributed by atoms with Gasteiger partial charge >= 0.3 is 0 Å². The Morgan fingerprint density at radius 2 is 1.96 bits per heavy atom. The summed E-state index contributed by atoms with van der Waals surface area (Å²) >= 11 is 0.